The summed E-state index contributed by atoms with van der Waals surface area (Å²) in [5.74, 6) is -0.634. The van der Waals surface area contributed by atoms with Crippen molar-refractivity contribution in [2.75, 3.05) is 13.2 Å². The van der Waals surface area contributed by atoms with Crippen LogP contribution in [0.4, 0.5) is 0 Å². The van der Waals surface area contributed by atoms with E-state index in [4.69, 9.17) is 9.47 Å². The average molecular weight is 701 g/mol. The standard InChI is InChI=1S/C45H80O5/c1-3-5-7-9-11-13-15-17-19-20-21-22-23-24-26-28-30-32-34-36-38-40-45(48)50-43(41-46)42-49-44(47)39-37-35-33-31-29-27-25-18-16-14-12-10-8-6-4-2/h12,14,17-19,25,29,31,43,46H,3-11,13,15-16,20-24,26-28,30,32-42H2,1-2H3/t43-/m0/s1. The van der Waals surface area contributed by atoms with Gasteiger partial charge in [-0.1, -0.05) is 165 Å². The fraction of sp³-hybridized carbons (Fsp3) is 0.778. The van der Waals surface area contributed by atoms with Crippen molar-refractivity contribution in [2.45, 2.75) is 213 Å². The molecular formula is C45H80O5. The van der Waals surface area contributed by atoms with E-state index < -0.39 is 6.10 Å². The highest BCUT2D eigenvalue weighted by molar-refractivity contribution is 5.70. The molecule has 0 amide bonds. The molecule has 0 saturated heterocycles. The Hall–Kier alpha value is -2.14. The summed E-state index contributed by atoms with van der Waals surface area (Å²) in [5, 5.41) is 9.56. The van der Waals surface area contributed by atoms with Crippen LogP contribution >= 0.6 is 0 Å². The van der Waals surface area contributed by atoms with Gasteiger partial charge in [0, 0.05) is 12.8 Å². The van der Waals surface area contributed by atoms with Gasteiger partial charge >= 0.3 is 11.9 Å². The lowest BCUT2D eigenvalue weighted by atomic mass is 10.0. The van der Waals surface area contributed by atoms with Gasteiger partial charge in [0.25, 0.3) is 0 Å². The first-order valence-electron chi connectivity index (χ1n) is 21.2. The number of rotatable bonds is 38. The summed E-state index contributed by atoms with van der Waals surface area (Å²) in [6.45, 7) is 4.07. The topological polar surface area (TPSA) is 72.8 Å². The first-order chi connectivity index (χ1) is 24.6. The number of esters is 2. The molecule has 0 rings (SSSR count). The monoisotopic (exact) mass is 701 g/mol. The number of carbonyl (C=O) groups excluding carboxylic acids is 2. The van der Waals surface area contributed by atoms with E-state index in [1.54, 1.807) is 0 Å². The molecule has 0 aromatic rings. The van der Waals surface area contributed by atoms with Crippen molar-refractivity contribution in [3.05, 3.63) is 48.6 Å². The van der Waals surface area contributed by atoms with E-state index in [0.29, 0.717) is 12.8 Å². The van der Waals surface area contributed by atoms with E-state index in [1.807, 2.05) is 0 Å². The molecule has 1 atom stereocenters. The molecule has 0 fully saturated rings. The van der Waals surface area contributed by atoms with Gasteiger partial charge in [-0.25, -0.2) is 0 Å². The summed E-state index contributed by atoms with van der Waals surface area (Å²) >= 11 is 0. The normalized spacial score (nSPS) is 12.6. The molecule has 0 spiro atoms. The number of carbonyl (C=O) groups is 2. The molecule has 0 aliphatic heterocycles. The lowest BCUT2D eigenvalue weighted by Crippen LogP contribution is -2.28. The van der Waals surface area contributed by atoms with Gasteiger partial charge in [-0.2, -0.15) is 0 Å². The summed E-state index contributed by atoms with van der Waals surface area (Å²) in [6.07, 6.45) is 51.8. The van der Waals surface area contributed by atoms with Crippen LogP contribution in [0.2, 0.25) is 0 Å². The molecule has 5 nitrogen and oxygen atoms in total. The first kappa shape index (κ1) is 47.9. The number of aliphatic hydroxyl groups excluding tert-OH is 1. The fourth-order valence-corrected chi connectivity index (χ4v) is 5.85. The number of aliphatic hydroxyl groups is 1. The van der Waals surface area contributed by atoms with Crippen LogP contribution in [0.5, 0.6) is 0 Å². The molecule has 5 heteroatoms. The summed E-state index contributed by atoms with van der Waals surface area (Å²) in [4.78, 5) is 24.3. The van der Waals surface area contributed by atoms with Crippen LogP contribution in [0.25, 0.3) is 0 Å². The molecule has 0 bridgehead atoms. The highest BCUT2D eigenvalue weighted by Crippen LogP contribution is 2.14. The lowest BCUT2D eigenvalue weighted by molar-refractivity contribution is -0.161. The van der Waals surface area contributed by atoms with Crippen LogP contribution in [0.15, 0.2) is 48.6 Å². The van der Waals surface area contributed by atoms with Crippen molar-refractivity contribution in [1.29, 1.82) is 0 Å². The quantitative estimate of drug-likeness (QED) is 0.0394. The minimum Gasteiger partial charge on any atom is -0.462 e. The largest absolute Gasteiger partial charge is 0.462 e. The molecule has 0 unspecified atom stereocenters. The number of unbranched alkanes of at least 4 members (excludes halogenated alkanes) is 22. The summed E-state index contributed by atoms with van der Waals surface area (Å²) in [5.41, 5.74) is 0. The van der Waals surface area contributed by atoms with Gasteiger partial charge < -0.3 is 14.6 Å². The Bertz CT molecular complexity index is 842. The van der Waals surface area contributed by atoms with Gasteiger partial charge in [0.15, 0.2) is 6.10 Å². The maximum Gasteiger partial charge on any atom is 0.306 e. The van der Waals surface area contributed by atoms with Crippen molar-refractivity contribution in [3.63, 3.8) is 0 Å². The average Bonchev–Trinajstić information content (AvgIpc) is 3.12. The van der Waals surface area contributed by atoms with Crippen LogP contribution < -0.4 is 0 Å². The summed E-state index contributed by atoms with van der Waals surface area (Å²) in [7, 11) is 0. The van der Waals surface area contributed by atoms with E-state index in [9.17, 15) is 14.7 Å². The Labute approximate surface area is 309 Å². The van der Waals surface area contributed by atoms with Crippen molar-refractivity contribution in [3.8, 4) is 0 Å². The van der Waals surface area contributed by atoms with E-state index in [2.05, 4.69) is 62.5 Å². The zero-order valence-electron chi connectivity index (χ0n) is 32.9. The number of ether oxygens (including phenoxy) is 2. The highest BCUT2D eigenvalue weighted by Gasteiger charge is 2.16. The zero-order valence-corrected chi connectivity index (χ0v) is 32.9. The Morgan fingerprint density at radius 1 is 0.460 bits per heavy atom. The second-order valence-corrected chi connectivity index (χ2v) is 14.1. The third kappa shape index (κ3) is 38.7. The molecule has 1 N–H and O–H groups in total. The maximum atomic E-state index is 12.2. The Morgan fingerprint density at radius 3 is 1.30 bits per heavy atom. The number of hydrogen-bond acceptors (Lipinski definition) is 5. The first-order valence-corrected chi connectivity index (χ1v) is 21.2. The van der Waals surface area contributed by atoms with E-state index in [-0.39, 0.29) is 25.2 Å². The molecule has 0 aliphatic carbocycles. The smallest absolute Gasteiger partial charge is 0.306 e. The molecule has 290 valence electrons. The Balaban J connectivity index is 3.57. The van der Waals surface area contributed by atoms with Crippen LogP contribution in [0.3, 0.4) is 0 Å². The molecule has 0 radical (unpaired) electrons. The zero-order chi connectivity index (χ0) is 36.4. The van der Waals surface area contributed by atoms with Gasteiger partial charge in [0.1, 0.15) is 6.61 Å². The van der Waals surface area contributed by atoms with Crippen molar-refractivity contribution >= 4 is 11.9 Å². The molecule has 0 aromatic carbocycles. The molecule has 0 aromatic heterocycles. The summed E-state index contributed by atoms with van der Waals surface area (Å²) < 4.78 is 10.6. The minimum absolute atomic E-state index is 0.0857. The summed E-state index contributed by atoms with van der Waals surface area (Å²) in [6, 6.07) is 0. The van der Waals surface area contributed by atoms with Gasteiger partial charge in [-0.05, 0) is 77.0 Å². The molecule has 50 heavy (non-hydrogen) atoms. The van der Waals surface area contributed by atoms with Gasteiger partial charge in [0.05, 0.1) is 6.61 Å². The van der Waals surface area contributed by atoms with Crippen molar-refractivity contribution < 1.29 is 24.2 Å². The third-order valence-corrected chi connectivity index (χ3v) is 9.10. The highest BCUT2D eigenvalue weighted by atomic mass is 16.6. The molecule has 0 aliphatic rings. The van der Waals surface area contributed by atoms with Crippen molar-refractivity contribution in [1.82, 2.24) is 0 Å². The Morgan fingerprint density at radius 2 is 0.800 bits per heavy atom. The molecule has 0 heterocycles. The number of allylic oxidation sites excluding steroid dienone is 8. The molecule has 0 saturated carbocycles. The van der Waals surface area contributed by atoms with E-state index in [1.165, 1.54) is 128 Å². The van der Waals surface area contributed by atoms with Gasteiger partial charge in [-0.15, -0.1) is 0 Å². The van der Waals surface area contributed by atoms with Crippen LogP contribution in [0.1, 0.15) is 206 Å². The SMILES string of the molecule is CCCCCC=CCC=CCC=CCCCCC(=O)OC[C@H](CO)OC(=O)CCCCCCCCCCCCCC=CCCCCCCCC. The van der Waals surface area contributed by atoms with E-state index in [0.717, 1.165) is 51.4 Å². The second kappa shape index (κ2) is 41.3. The molecular weight excluding hydrogens is 620 g/mol. The van der Waals surface area contributed by atoms with Crippen LogP contribution in [-0.4, -0.2) is 36.4 Å². The lowest BCUT2D eigenvalue weighted by Gasteiger charge is -2.15. The Kier molecular flexibility index (Phi) is 39.5. The van der Waals surface area contributed by atoms with Crippen LogP contribution in [-0.2, 0) is 19.1 Å². The minimum atomic E-state index is -0.787. The van der Waals surface area contributed by atoms with Gasteiger partial charge in [0.2, 0.25) is 0 Å². The fourth-order valence-electron chi connectivity index (χ4n) is 5.85. The van der Waals surface area contributed by atoms with Crippen LogP contribution in [0, 0.1) is 0 Å². The predicted molar refractivity (Wildman–Crippen MR) is 214 cm³/mol. The predicted octanol–water partition coefficient (Wildman–Crippen LogP) is 13.4. The van der Waals surface area contributed by atoms with E-state index >= 15 is 0 Å². The van der Waals surface area contributed by atoms with Crippen molar-refractivity contribution in [2.24, 2.45) is 0 Å². The third-order valence-electron chi connectivity index (χ3n) is 9.10. The maximum absolute atomic E-state index is 12.2. The second-order valence-electron chi connectivity index (χ2n) is 14.1. The number of hydrogen-bond donors (Lipinski definition) is 1. The van der Waals surface area contributed by atoms with Gasteiger partial charge in [-0.3, -0.25) is 9.59 Å².